The van der Waals surface area contributed by atoms with E-state index in [2.05, 4.69) is 26.2 Å². The molecule has 2 heterocycles. The van der Waals surface area contributed by atoms with Crippen molar-refractivity contribution in [2.45, 2.75) is 6.42 Å². The highest BCUT2D eigenvalue weighted by Gasteiger charge is 2.11. The van der Waals surface area contributed by atoms with Crippen molar-refractivity contribution >= 4 is 44.8 Å². The van der Waals surface area contributed by atoms with E-state index in [1.54, 1.807) is 23.6 Å². The molecule has 0 aliphatic rings. The predicted molar refractivity (Wildman–Crippen MR) is 77.3 cm³/mol. The lowest BCUT2D eigenvalue weighted by Gasteiger charge is -2.05. The highest BCUT2D eigenvalue weighted by molar-refractivity contribution is 9.10. The molecule has 1 amide bonds. The first-order chi connectivity index (χ1) is 8.66. The average molecular weight is 346 g/mol. The number of carbonyl (C=O) groups excluding carboxylic acids is 1. The molecular formula is C12H10BrClN2OS. The zero-order chi connectivity index (χ0) is 13.0. The fraction of sp³-hybridized carbons (Fsp3) is 0.167. The molecule has 0 saturated carbocycles. The quantitative estimate of drug-likeness (QED) is 0.861. The van der Waals surface area contributed by atoms with Gasteiger partial charge in [-0.05, 0) is 39.9 Å². The summed E-state index contributed by atoms with van der Waals surface area (Å²) in [5, 5.41) is 5.06. The second kappa shape index (κ2) is 6.31. The first-order valence-corrected chi connectivity index (χ1v) is 7.33. The van der Waals surface area contributed by atoms with E-state index in [0.717, 1.165) is 10.9 Å². The molecule has 0 spiro atoms. The largest absolute Gasteiger partial charge is 0.352 e. The first-order valence-electron chi connectivity index (χ1n) is 5.28. The molecule has 0 fully saturated rings. The zero-order valence-electron chi connectivity index (χ0n) is 9.32. The summed E-state index contributed by atoms with van der Waals surface area (Å²) in [5.41, 5.74) is 0.386. The van der Waals surface area contributed by atoms with E-state index in [9.17, 15) is 4.79 Å². The molecule has 3 nitrogen and oxygen atoms in total. The maximum Gasteiger partial charge on any atom is 0.254 e. The fourth-order valence-electron chi connectivity index (χ4n) is 1.43. The minimum atomic E-state index is -0.203. The van der Waals surface area contributed by atoms with E-state index in [-0.39, 0.29) is 11.1 Å². The van der Waals surface area contributed by atoms with E-state index in [0.29, 0.717) is 12.1 Å². The zero-order valence-corrected chi connectivity index (χ0v) is 12.5. The van der Waals surface area contributed by atoms with Crippen LogP contribution in [0.4, 0.5) is 0 Å². The maximum absolute atomic E-state index is 11.9. The van der Waals surface area contributed by atoms with Crippen LogP contribution in [0.2, 0.25) is 5.15 Å². The summed E-state index contributed by atoms with van der Waals surface area (Å²) in [5.74, 6) is -0.203. The molecule has 2 aromatic heterocycles. The molecule has 2 aromatic rings. The Balaban J connectivity index is 1.93. The third-order valence-corrected chi connectivity index (χ3v) is 3.96. The second-order valence-electron chi connectivity index (χ2n) is 3.58. The Hall–Kier alpha value is -0.910. The summed E-state index contributed by atoms with van der Waals surface area (Å²) in [7, 11) is 0. The number of pyridine rings is 1. The number of thiophene rings is 1. The molecule has 1 N–H and O–H groups in total. The van der Waals surface area contributed by atoms with Gasteiger partial charge in [-0.2, -0.15) is 0 Å². The van der Waals surface area contributed by atoms with Crippen molar-refractivity contribution in [2.75, 3.05) is 6.54 Å². The lowest BCUT2D eigenvalue weighted by molar-refractivity contribution is 0.0954. The lowest BCUT2D eigenvalue weighted by Crippen LogP contribution is -2.26. The fourth-order valence-corrected chi connectivity index (χ4v) is 2.66. The number of nitrogens with zero attached hydrogens (tertiary/aromatic N) is 1. The summed E-state index contributed by atoms with van der Waals surface area (Å²) in [6, 6.07) is 5.71. The van der Waals surface area contributed by atoms with Crippen LogP contribution in [0.15, 0.2) is 34.2 Å². The molecule has 0 aliphatic carbocycles. The molecule has 0 atom stereocenters. The van der Waals surface area contributed by atoms with E-state index in [1.807, 2.05) is 17.5 Å². The first kappa shape index (κ1) is 13.5. The molecule has 94 valence electrons. The number of hydrogen-bond acceptors (Lipinski definition) is 3. The normalized spacial score (nSPS) is 10.3. The highest BCUT2D eigenvalue weighted by Crippen LogP contribution is 2.17. The number of nitrogens with one attached hydrogen (secondary N) is 1. The van der Waals surface area contributed by atoms with Gasteiger partial charge in [0.1, 0.15) is 5.15 Å². The van der Waals surface area contributed by atoms with Gasteiger partial charge < -0.3 is 5.32 Å². The van der Waals surface area contributed by atoms with E-state index in [4.69, 9.17) is 11.6 Å². The Kier molecular flexibility index (Phi) is 4.74. The molecule has 0 radical (unpaired) electrons. The van der Waals surface area contributed by atoms with Crippen LogP contribution >= 0.6 is 38.9 Å². The van der Waals surface area contributed by atoms with Crippen LogP contribution < -0.4 is 5.32 Å². The highest BCUT2D eigenvalue weighted by atomic mass is 79.9. The van der Waals surface area contributed by atoms with Crippen LogP contribution in [0.1, 0.15) is 15.2 Å². The monoisotopic (exact) mass is 344 g/mol. The molecule has 0 bridgehead atoms. The molecule has 0 aliphatic heterocycles. The summed E-state index contributed by atoms with van der Waals surface area (Å²) in [4.78, 5) is 17.1. The topological polar surface area (TPSA) is 42.0 Å². The third-order valence-electron chi connectivity index (χ3n) is 2.29. The standard InChI is InChI=1S/C12H10BrClN2OS/c13-8-6-10(11(14)16-7-8)12(17)15-4-3-9-2-1-5-18-9/h1-2,5-7H,3-4H2,(H,15,17). The van der Waals surface area contributed by atoms with Crippen molar-refractivity contribution in [3.63, 3.8) is 0 Å². The van der Waals surface area contributed by atoms with Gasteiger partial charge in [0, 0.05) is 22.1 Å². The summed E-state index contributed by atoms with van der Waals surface area (Å²) in [6.45, 7) is 0.586. The smallest absolute Gasteiger partial charge is 0.254 e. The molecule has 18 heavy (non-hydrogen) atoms. The van der Waals surface area contributed by atoms with Crippen molar-refractivity contribution in [1.29, 1.82) is 0 Å². The van der Waals surface area contributed by atoms with Gasteiger partial charge in [-0.15, -0.1) is 11.3 Å². The van der Waals surface area contributed by atoms with Crippen molar-refractivity contribution in [3.05, 3.63) is 49.8 Å². The van der Waals surface area contributed by atoms with E-state index < -0.39 is 0 Å². The Morgan fingerprint density at radius 1 is 1.56 bits per heavy atom. The molecular weight excluding hydrogens is 336 g/mol. The molecule has 2 rings (SSSR count). The van der Waals surface area contributed by atoms with Crippen molar-refractivity contribution in [1.82, 2.24) is 10.3 Å². The van der Waals surface area contributed by atoms with Crippen LogP contribution in [0.25, 0.3) is 0 Å². The Labute approximate surface area is 122 Å². The number of aromatic nitrogens is 1. The predicted octanol–water partition coefficient (Wildman–Crippen LogP) is 3.53. The van der Waals surface area contributed by atoms with Gasteiger partial charge in [-0.25, -0.2) is 4.98 Å². The molecule has 0 saturated heterocycles. The van der Waals surface area contributed by atoms with Gasteiger partial charge in [0.25, 0.3) is 5.91 Å². The lowest BCUT2D eigenvalue weighted by atomic mass is 10.2. The summed E-state index contributed by atoms with van der Waals surface area (Å²) in [6.07, 6.45) is 2.38. The van der Waals surface area contributed by atoms with Gasteiger partial charge in [0.2, 0.25) is 0 Å². The number of amides is 1. The number of carbonyl (C=O) groups is 1. The maximum atomic E-state index is 11.9. The van der Waals surface area contributed by atoms with Crippen molar-refractivity contribution in [3.8, 4) is 0 Å². The Morgan fingerprint density at radius 3 is 3.11 bits per heavy atom. The molecule has 0 unspecified atom stereocenters. The van der Waals surface area contributed by atoms with Gasteiger partial charge >= 0.3 is 0 Å². The van der Waals surface area contributed by atoms with Crippen LogP contribution in [-0.4, -0.2) is 17.4 Å². The third kappa shape index (κ3) is 3.54. The van der Waals surface area contributed by atoms with E-state index >= 15 is 0 Å². The van der Waals surface area contributed by atoms with E-state index in [1.165, 1.54) is 4.88 Å². The number of rotatable bonds is 4. The summed E-state index contributed by atoms with van der Waals surface area (Å²) < 4.78 is 0.732. The minimum absolute atomic E-state index is 0.203. The molecule has 6 heteroatoms. The Morgan fingerprint density at radius 2 is 2.39 bits per heavy atom. The van der Waals surface area contributed by atoms with Crippen molar-refractivity contribution in [2.24, 2.45) is 0 Å². The Bertz CT molecular complexity index is 545. The van der Waals surface area contributed by atoms with Gasteiger partial charge in [-0.3, -0.25) is 4.79 Å². The van der Waals surface area contributed by atoms with Crippen molar-refractivity contribution < 1.29 is 4.79 Å². The number of halogens is 2. The molecule has 0 aromatic carbocycles. The van der Waals surface area contributed by atoms with Gasteiger partial charge in [0.15, 0.2) is 0 Å². The summed E-state index contributed by atoms with van der Waals surface area (Å²) >= 11 is 10.8. The van der Waals surface area contributed by atoms with Crippen LogP contribution in [0, 0.1) is 0 Å². The van der Waals surface area contributed by atoms with Crippen LogP contribution in [0.3, 0.4) is 0 Å². The minimum Gasteiger partial charge on any atom is -0.352 e. The number of hydrogen-bond donors (Lipinski definition) is 1. The SMILES string of the molecule is O=C(NCCc1cccs1)c1cc(Br)cnc1Cl. The average Bonchev–Trinajstić information content (AvgIpc) is 2.85. The van der Waals surface area contributed by atoms with Gasteiger partial charge in [0.05, 0.1) is 5.56 Å². The van der Waals surface area contributed by atoms with Crippen LogP contribution in [-0.2, 0) is 6.42 Å². The van der Waals surface area contributed by atoms with Crippen LogP contribution in [0.5, 0.6) is 0 Å². The van der Waals surface area contributed by atoms with Gasteiger partial charge in [-0.1, -0.05) is 17.7 Å². The second-order valence-corrected chi connectivity index (χ2v) is 5.88.